The van der Waals surface area contributed by atoms with Crippen molar-refractivity contribution < 1.29 is 0 Å². The van der Waals surface area contributed by atoms with Gasteiger partial charge in [-0.3, -0.25) is 18.3 Å². The topological polar surface area (TPSA) is 84.2 Å². The quantitative estimate of drug-likeness (QED) is 0.115. The minimum atomic E-state index is 0.273. The molecule has 0 spiro atoms. The molecule has 12 aromatic carbocycles. The Hall–Kier alpha value is -13.1. The van der Waals surface area contributed by atoms with Gasteiger partial charge in [-0.15, -0.1) is 0 Å². The molecule has 450 valence electrons. The second-order valence-electron chi connectivity index (χ2n) is 24.1. The van der Waals surface area contributed by atoms with Crippen LogP contribution < -0.4 is 0 Å². The van der Waals surface area contributed by atoms with E-state index in [0.717, 1.165) is 133 Å². The highest BCUT2D eigenvalue weighted by Crippen LogP contribution is 2.41. The van der Waals surface area contributed by atoms with Gasteiger partial charge in [0.1, 0.15) is 11.6 Å². The van der Waals surface area contributed by atoms with Crippen molar-refractivity contribution >= 4 is 43.6 Å². The zero-order chi connectivity index (χ0) is 63.5. The maximum Gasteiger partial charge on any atom is 0.240 e. The lowest BCUT2D eigenvalue weighted by Gasteiger charge is -2.17. The van der Waals surface area contributed by atoms with E-state index >= 15 is 0 Å². The SMILES string of the molecule is c1ccc(-c2ccc3c(c2)cc(-c2ccccc2)n3-c2cc(-n3c(-c4ccccc4)cc4cc(-c5ccccc5)ccc43)nc(-c3nc(-n4c(-c5ccccc5)cc5cc(-c6ccccc6)ccc54)nc(-n4c(-c5ccccc5)cc5cc(-c6ccccc6)ccc54)n3)n2)cc1. The van der Waals surface area contributed by atoms with Crippen molar-refractivity contribution in [3.8, 4) is 125 Å². The second-order valence-corrected chi connectivity index (χ2v) is 24.1. The van der Waals surface area contributed by atoms with Crippen LogP contribution in [0.15, 0.2) is 346 Å². The van der Waals surface area contributed by atoms with Crippen molar-refractivity contribution in [2.75, 3.05) is 0 Å². The van der Waals surface area contributed by atoms with Gasteiger partial charge in [-0.1, -0.05) is 267 Å². The number of nitrogens with zero attached hydrogens (tertiary/aromatic N) is 9. The van der Waals surface area contributed by atoms with Gasteiger partial charge in [-0.25, -0.2) is 9.97 Å². The first-order valence-electron chi connectivity index (χ1n) is 32.3. The smallest absolute Gasteiger partial charge is 0.240 e. The summed E-state index contributed by atoms with van der Waals surface area (Å²) in [6.45, 7) is 0. The van der Waals surface area contributed by atoms with E-state index in [0.29, 0.717) is 29.4 Å². The minimum absolute atomic E-state index is 0.273. The average Bonchev–Trinajstić information content (AvgIpc) is 1.56. The molecule has 0 fully saturated rings. The predicted octanol–water partition coefficient (Wildman–Crippen LogP) is 21.4. The number of benzene rings is 12. The van der Waals surface area contributed by atoms with Crippen LogP contribution in [0.5, 0.6) is 0 Å². The maximum atomic E-state index is 5.80. The number of hydrogen-bond donors (Lipinski definition) is 0. The van der Waals surface area contributed by atoms with Crippen molar-refractivity contribution in [2.24, 2.45) is 0 Å². The molecule has 0 saturated carbocycles. The van der Waals surface area contributed by atoms with Crippen LogP contribution in [0.1, 0.15) is 0 Å². The molecule has 0 aliphatic rings. The van der Waals surface area contributed by atoms with Gasteiger partial charge in [0.2, 0.25) is 23.5 Å². The Morgan fingerprint density at radius 3 is 0.667 bits per heavy atom. The third kappa shape index (κ3) is 10.0. The second kappa shape index (κ2) is 23.5. The Labute approximate surface area is 554 Å². The highest BCUT2D eigenvalue weighted by Gasteiger charge is 2.26. The van der Waals surface area contributed by atoms with Gasteiger partial charge in [-0.2, -0.15) is 15.0 Å². The molecule has 0 radical (unpaired) electrons. The maximum absolute atomic E-state index is 5.80. The van der Waals surface area contributed by atoms with Crippen molar-refractivity contribution in [3.63, 3.8) is 0 Å². The first-order valence-corrected chi connectivity index (χ1v) is 32.3. The van der Waals surface area contributed by atoms with Gasteiger partial charge in [-0.05, 0) is 140 Å². The summed E-state index contributed by atoms with van der Waals surface area (Å²) in [5, 5.41) is 4.16. The summed E-state index contributed by atoms with van der Waals surface area (Å²) in [5.74, 6) is 2.60. The van der Waals surface area contributed by atoms with E-state index in [-0.39, 0.29) is 5.82 Å². The molecule has 0 bridgehead atoms. The van der Waals surface area contributed by atoms with E-state index in [9.17, 15) is 0 Å². The van der Waals surface area contributed by atoms with Crippen LogP contribution in [0.2, 0.25) is 0 Å². The van der Waals surface area contributed by atoms with E-state index in [4.69, 9.17) is 24.9 Å². The molecular formula is C87H57N9. The molecule has 9 heteroatoms. The third-order valence-electron chi connectivity index (χ3n) is 18.3. The molecule has 0 aliphatic heterocycles. The molecule has 18 aromatic rings. The van der Waals surface area contributed by atoms with E-state index in [1.54, 1.807) is 0 Å². The van der Waals surface area contributed by atoms with E-state index in [1.807, 2.05) is 0 Å². The summed E-state index contributed by atoms with van der Waals surface area (Å²) < 4.78 is 8.89. The predicted molar refractivity (Wildman–Crippen MR) is 392 cm³/mol. The van der Waals surface area contributed by atoms with Crippen LogP contribution in [0, 0.1) is 0 Å². The van der Waals surface area contributed by atoms with Crippen molar-refractivity contribution in [3.05, 3.63) is 346 Å². The summed E-state index contributed by atoms with van der Waals surface area (Å²) in [6.07, 6.45) is 0. The lowest BCUT2D eigenvalue weighted by Crippen LogP contribution is -2.14. The fourth-order valence-electron chi connectivity index (χ4n) is 13.7. The van der Waals surface area contributed by atoms with Crippen LogP contribution in [0.3, 0.4) is 0 Å². The summed E-state index contributed by atoms with van der Waals surface area (Å²) in [7, 11) is 0. The Bertz CT molecular complexity index is 5180. The van der Waals surface area contributed by atoms with Gasteiger partial charge in [0.05, 0.1) is 44.8 Å². The highest BCUT2D eigenvalue weighted by atomic mass is 15.3. The summed E-state index contributed by atoms with van der Waals surface area (Å²) in [4.78, 5) is 28.7. The van der Waals surface area contributed by atoms with Crippen LogP contribution in [0.25, 0.3) is 168 Å². The number of rotatable bonds is 13. The van der Waals surface area contributed by atoms with E-state index in [2.05, 4.69) is 364 Å². The fourth-order valence-corrected chi connectivity index (χ4v) is 13.7. The molecule has 18 rings (SSSR count). The van der Waals surface area contributed by atoms with E-state index in [1.165, 1.54) is 0 Å². The van der Waals surface area contributed by atoms with Gasteiger partial charge in [0.25, 0.3) is 0 Å². The highest BCUT2D eigenvalue weighted by molar-refractivity contribution is 5.97. The molecule has 0 unspecified atom stereocenters. The van der Waals surface area contributed by atoms with Crippen molar-refractivity contribution in [1.29, 1.82) is 0 Å². The molecule has 96 heavy (non-hydrogen) atoms. The minimum Gasteiger partial charge on any atom is -0.294 e. The Balaban J connectivity index is 0.954. The summed E-state index contributed by atoms with van der Waals surface area (Å²) in [6, 6.07) is 122. The molecule has 6 heterocycles. The average molecular weight is 1230 g/mol. The van der Waals surface area contributed by atoms with Crippen LogP contribution in [-0.4, -0.2) is 43.2 Å². The van der Waals surface area contributed by atoms with Crippen molar-refractivity contribution in [1.82, 2.24) is 43.2 Å². The lowest BCUT2D eigenvalue weighted by molar-refractivity contribution is 0.863. The zero-order valence-corrected chi connectivity index (χ0v) is 51.9. The standard InChI is InChI=1S/C87H57N9/c1-9-25-58(26-10-1)66-41-45-74-70(49-66)53-78(62-33-17-5-18-34-62)93(74)82-57-83(94-75-46-42-67(59-27-11-2-12-28-59)50-71(75)54-79(94)63-35-19-6-20-36-63)89-84(88-82)85-90-86(95-76-47-43-68(60-29-13-3-14-30-60)51-72(76)55-80(95)64-37-21-7-22-38-64)92-87(91-85)96-77-48-44-69(61-31-15-4-16-32-61)52-73(77)56-81(96)65-39-23-8-24-40-65/h1-57H. The summed E-state index contributed by atoms with van der Waals surface area (Å²) in [5.41, 5.74) is 20.5. The Morgan fingerprint density at radius 2 is 0.396 bits per heavy atom. The number of hydrogen-bond acceptors (Lipinski definition) is 5. The number of aromatic nitrogens is 9. The fraction of sp³-hybridized carbons (Fsp3) is 0. The first kappa shape index (κ1) is 55.7. The lowest BCUT2D eigenvalue weighted by atomic mass is 10.0. The monoisotopic (exact) mass is 1230 g/mol. The molecule has 0 aliphatic carbocycles. The van der Waals surface area contributed by atoms with Gasteiger partial charge in [0.15, 0.2) is 0 Å². The first-order chi connectivity index (χ1) is 47.6. The molecule has 0 saturated heterocycles. The summed E-state index contributed by atoms with van der Waals surface area (Å²) >= 11 is 0. The molecule has 6 aromatic heterocycles. The molecular weight excluding hydrogens is 1170 g/mol. The third-order valence-corrected chi connectivity index (χ3v) is 18.3. The van der Waals surface area contributed by atoms with Crippen LogP contribution in [0.4, 0.5) is 0 Å². The molecule has 0 N–H and O–H groups in total. The van der Waals surface area contributed by atoms with Gasteiger partial charge < -0.3 is 0 Å². The van der Waals surface area contributed by atoms with Crippen molar-refractivity contribution in [2.45, 2.75) is 0 Å². The molecule has 0 atom stereocenters. The Kier molecular flexibility index (Phi) is 13.7. The van der Waals surface area contributed by atoms with Crippen LogP contribution in [-0.2, 0) is 0 Å². The van der Waals surface area contributed by atoms with Gasteiger partial charge >= 0.3 is 0 Å². The Morgan fingerprint density at radius 1 is 0.167 bits per heavy atom. The number of fused-ring (bicyclic) bond motifs is 4. The molecule has 9 nitrogen and oxygen atoms in total. The van der Waals surface area contributed by atoms with Gasteiger partial charge in [0, 0.05) is 27.6 Å². The van der Waals surface area contributed by atoms with Crippen LogP contribution >= 0.6 is 0 Å². The zero-order valence-electron chi connectivity index (χ0n) is 51.9. The van der Waals surface area contributed by atoms with E-state index < -0.39 is 0 Å². The normalized spacial score (nSPS) is 11.5. The molecule has 0 amide bonds. The largest absolute Gasteiger partial charge is 0.294 e.